The van der Waals surface area contributed by atoms with Crippen molar-refractivity contribution >= 4 is 11.3 Å². The summed E-state index contributed by atoms with van der Waals surface area (Å²) in [6, 6.07) is 8.85. The molecule has 16 heavy (non-hydrogen) atoms. The summed E-state index contributed by atoms with van der Waals surface area (Å²) in [5, 5.41) is 1.40. The van der Waals surface area contributed by atoms with Gasteiger partial charge in [0.2, 0.25) is 10.7 Å². The van der Waals surface area contributed by atoms with Crippen LogP contribution in [-0.2, 0) is 19.9 Å². The lowest BCUT2D eigenvalue weighted by atomic mass is 10.0. The van der Waals surface area contributed by atoms with E-state index in [9.17, 15) is 0 Å². The summed E-state index contributed by atoms with van der Waals surface area (Å²) in [7, 11) is 2.19. The smallest absolute Gasteiger partial charge is 0.189 e. The molecule has 1 aromatic carbocycles. The van der Waals surface area contributed by atoms with Gasteiger partial charge in [0.25, 0.3) is 0 Å². The van der Waals surface area contributed by atoms with Crippen molar-refractivity contribution in [2.75, 3.05) is 0 Å². The van der Waals surface area contributed by atoms with Gasteiger partial charge in [-0.15, -0.1) is 0 Å². The fourth-order valence-electron chi connectivity index (χ4n) is 2.55. The molecule has 0 saturated carbocycles. The zero-order chi connectivity index (χ0) is 11.1. The standard InChI is InChI=1S/C14H16NS/c1-10-15(2)14-12-8-4-3-6-11(12)7-5-9-13(14)16-10/h3-4,6,8H,5,7,9H2,1-2H3/q+1. The molecule has 2 aromatic rings. The Balaban J connectivity index is 2.32. The Morgan fingerprint density at radius 2 is 2.00 bits per heavy atom. The average molecular weight is 230 g/mol. The summed E-state index contributed by atoms with van der Waals surface area (Å²) in [6.07, 6.45) is 3.73. The van der Waals surface area contributed by atoms with Crippen LogP contribution >= 0.6 is 11.3 Å². The predicted octanol–water partition coefficient (Wildman–Crippen LogP) is 3.04. The zero-order valence-electron chi connectivity index (χ0n) is 9.79. The van der Waals surface area contributed by atoms with Gasteiger partial charge in [0.05, 0.1) is 10.4 Å². The third kappa shape index (κ3) is 1.40. The van der Waals surface area contributed by atoms with Gasteiger partial charge in [0.1, 0.15) is 7.05 Å². The highest BCUT2D eigenvalue weighted by Gasteiger charge is 2.26. The number of rotatable bonds is 0. The molecule has 1 heterocycles. The molecule has 2 heteroatoms. The molecule has 0 amide bonds. The van der Waals surface area contributed by atoms with E-state index in [0.29, 0.717) is 0 Å². The van der Waals surface area contributed by atoms with Crippen molar-refractivity contribution in [3.63, 3.8) is 0 Å². The van der Waals surface area contributed by atoms with Crippen LogP contribution in [0, 0.1) is 6.92 Å². The molecule has 0 spiro atoms. The first kappa shape index (κ1) is 10.0. The summed E-state index contributed by atoms with van der Waals surface area (Å²) in [5.74, 6) is 0. The Hall–Kier alpha value is -1.15. The molecule has 3 rings (SSSR count). The molecular weight excluding hydrogens is 214 g/mol. The lowest BCUT2D eigenvalue weighted by Gasteiger charge is -2.02. The predicted molar refractivity (Wildman–Crippen MR) is 67.7 cm³/mol. The van der Waals surface area contributed by atoms with Crippen LogP contribution < -0.4 is 4.57 Å². The summed E-state index contributed by atoms with van der Waals surface area (Å²) < 4.78 is 2.35. The summed E-state index contributed by atoms with van der Waals surface area (Å²) >= 11 is 1.96. The van der Waals surface area contributed by atoms with E-state index in [-0.39, 0.29) is 0 Å². The SMILES string of the molecule is Cc1sc2c([n+]1C)-c1ccccc1CCC2. The van der Waals surface area contributed by atoms with Gasteiger partial charge in [-0.2, -0.15) is 4.57 Å². The van der Waals surface area contributed by atoms with Crippen LogP contribution in [0.1, 0.15) is 21.9 Å². The summed E-state index contributed by atoms with van der Waals surface area (Å²) in [4.78, 5) is 1.56. The minimum atomic E-state index is 1.22. The van der Waals surface area contributed by atoms with Crippen LogP contribution in [0.15, 0.2) is 24.3 Å². The van der Waals surface area contributed by atoms with E-state index in [4.69, 9.17) is 0 Å². The highest BCUT2D eigenvalue weighted by Crippen LogP contribution is 2.33. The van der Waals surface area contributed by atoms with Gasteiger partial charge in [-0.25, -0.2) is 0 Å². The van der Waals surface area contributed by atoms with Gasteiger partial charge in [0.15, 0.2) is 0 Å². The molecule has 1 aromatic heterocycles. The van der Waals surface area contributed by atoms with Crippen molar-refractivity contribution in [3.8, 4) is 11.3 Å². The van der Waals surface area contributed by atoms with E-state index >= 15 is 0 Å². The van der Waals surface area contributed by atoms with Crippen LogP contribution in [0.3, 0.4) is 0 Å². The molecule has 0 atom stereocenters. The zero-order valence-corrected chi connectivity index (χ0v) is 10.6. The number of nitrogens with zero attached hydrogens (tertiary/aromatic N) is 1. The Morgan fingerprint density at radius 1 is 1.19 bits per heavy atom. The normalized spacial score (nSPS) is 14.1. The molecule has 0 fully saturated rings. The molecule has 1 aliphatic carbocycles. The van der Waals surface area contributed by atoms with Crippen molar-refractivity contribution in [1.29, 1.82) is 0 Å². The molecule has 0 aliphatic heterocycles. The molecule has 0 N–H and O–H groups in total. The minimum Gasteiger partial charge on any atom is -0.189 e. The highest BCUT2D eigenvalue weighted by molar-refractivity contribution is 7.11. The molecule has 82 valence electrons. The Labute approximate surface area is 100 Å². The third-order valence-corrected chi connectivity index (χ3v) is 4.68. The maximum absolute atomic E-state index is 2.35. The van der Waals surface area contributed by atoms with E-state index in [2.05, 4.69) is 42.8 Å². The van der Waals surface area contributed by atoms with Crippen molar-refractivity contribution in [1.82, 2.24) is 0 Å². The summed E-state index contributed by atoms with van der Waals surface area (Å²) in [6.45, 7) is 2.21. The van der Waals surface area contributed by atoms with Gasteiger partial charge in [-0.1, -0.05) is 29.5 Å². The molecule has 0 unspecified atom stereocenters. The number of fused-ring (bicyclic) bond motifs is 3. The van der Waals surface area contributed by atoms with Crippen molar-refractivity contribution < 1.29 is 4.57 Å². The molecular formula is C14H16NS+. The van der Waals surface area contributed by atoms with Crippen LogP contribution in [0.2, 0.25) is 0 Å². The van der Waals surface area contributed by atoms with E-state index < -0.39 is 0 Å². The highest BCUT2D eigenvalue weighted by atomic mass is 32.1. The second kappa shape index (κ2) is 3.70. The average Bonchev–Trinajstić information content (AvgIpc) is 2.49. The van der Waals surface area contributed by atoms with Gasteiger partial charge in [0, 0.05) is 6.92 Å². The largest absolute Gasteiger partial charge is 0.234 e. The van der Waals surface area contributed by atoms with Crippen molar-refractivity contribution in [2.45, 2.75) is 26.2 Å². The minimum absolute atomic E-state index is 1.22. The Bertz CT molecular complexity index is 540. The van der Waals surface area contributed by atoms with E-state index in [1.54, 1.807) is 4.88 Å². The van der Waals surface area contributed by atoms with Crippen molar-refractivity contribution in [3.05, 3.63) is 39.7 Å². The van der Waals surface area contributed by atoms with E-state index in [1.807, 2.05) is 11.3 Å². The first-order valence-electron chi connectivity index (χ1n) is 5.84. The maximum Gasteiger partial charge on any atom is 0.234 e. The number of benzene rings is 1. The lowest BCUT2D eigenvalue weighted by Crippen LogP contribution is -2.31. The van der Waals surface area contributed by atoms with Gasteiger partial charge >= 0.3 is 0 Å². The van der Waals surface area contributed by atoms with E-state index in [0.717, 1.165) is 0 Å². The van der Waals surface area contributed by atoms with E-state index in [1.165, 1.54) is 41.1 Å². The quantitative estimate of drug-likeness (QED) is 0.612. The number of hydrogen-bond donors (Lipinski definition) is 0. The van der Waals surface area contributed by atoms with Crippen molar-refractivity contribution in [2.24, 2.45) is 7.05 Å². The molecule has 1 nitrogen and oxygen atoms in total. The molecule has 1 aliphatic rings. The second-order valence-corrected chi connectivity index (χ2v) is 5.75. The van der Waals surface area contributed by atoms with Crippen LogP contribution in [0.5, 0.6) is 0 Å². The number of aryl methyl sites for hydroxylation is 3. The maximum atomic E-state index is 2.35. The second-order valence-electron chi connectivity index (χ2n) is 4.46. The topological polar surface area (TPSA) is 3.88 Å². The molecule has 0 bridgehead atoms. The Morgan fingerprint density at radius 3 is 2.88 bits per heavy atom. The fraction of sp³-hybridized carbons (Fsp3) is 0.357. The van der Waals surface area contributed by atoms with Gasteiger partial charge in [-0.05, 0) is 30.9 Å². The number of aromatic nitrogens is 1. The summed E-state index contributed by atoms with van der Waals surface area (Å²) in [5.41, 5.74) is 4.41. The number of thiazole rings is 1. The Kier molecular flexibility index (Phi) is 2.32. The van der Waals surface area contributed by atoms with Gasteiger partial charge < -0.3 is 0 Å². The monoisotopic (exact) mass is 230 g/mol. The molecule has 0 radical (unpaired) electrons. The fourth-order valence-corrected chi connectivity index (χ4v) is 3.72. The van der Waals surface area contributed by atoms with Crippen LogP contribution in [-0.4, -0.2) is 0 Å². The third-order valence-electron chi connectivity index (χ3n) is 3.47. The van der Waals surface area contributed by atoms with Gasteiger partial charge in [-0.3, -0.25) is 0 Å². The lowest BCUT2D eigenvalue weighted by molar-refractivity contribution is -0.661. The number of hydrogen-bond acceptors (Lipinski definition) is 1. The molecule has 0 saturated heterocycles. The van der Waals surface area contributed by atoms with Crippen LogP contribution in [0.25, 0.3) is 11.3 Å². The first-order chi connectivity index (χ1) is 7.77. The van der Waals surface area contributed by atoms with Crippen LogP contribution in [0.4, 0.5) is 0 Å². The first-order valence-corrected chi connectivity index (χ1v) is 6.65.